The number of aryl methyl sites for hydroxylation is 4. The standard InChI is InChI=1S/C30H36/c1-21-5-9-25(10-6-21)11-18-30-23(3)19-29(20-24(30)4)28-16-14-27(15-17-28)26-12-7-22(2)8-13-26/h5-6,9-10,14-17,19-20,22,26H,7-8,11-13,18H2,1-4H3. The molecule has 0 radical (unpaired) electrons. The van der Waals surface area contributed by atoms with Crippen LogP contribution in [0, 0.1) is 26.7 Å². The molecule has 1 aliphatic carbocycles. The summed E-state index contributed by atoms with van der Waals surface area (Å²) in [5, 5.41) is 0. The Labute approximate surface area is 183 Å². The van der Waals surface area contributed by atoms with Crippen molar-refractivity contribution in [2.45, 2.75) is 72.1 Å². The minimum atomic E-state index is 0.767. The van der Waals surface area contributed by atoms with Crippen molar-refractivity contribution in [2.24, 2.45) is 5.92 Å². The first-order chi connectivity index (χ1) is 14.5. The fraction of sp³-hybridized carbons (Fsp3) is 0.400. The van der Waals surface area contributed by atoms with Crippen molar-refractivity contribution in [1.29, 1.82) is 0 Å². The lowest BCUT2D eigenvalue weighted by Gasteiger charge is -2.26. The summed E-state index contributed by atoms with van der Waals surface area (Å²) in [4.78, 5) is 0. The normalized spacial score (nSPS) is 19.1. The zero-order valence-electron chi connectivity index (χ0n) is 19.2. The minimum absolute atomic E-state index is 0.767. The largest absolute Gasteiger partial charge is 0.0625 e. The van der Waals surface area contributed by atoms with Gasteiger partial charge in [-0.3, -0.25) is 0 Å². The molecule has 0 saturated heterocycles. The van der Waals surface area contributed by atoms with Gasteiger partial charge in [0.05, 0.1) is 0 Å². The first-order valence-corrected chi connectivity index (χ1v) is 11.8. The minimum Gasteiger partial charge on any atom is -0.0625 e. The van der Waals surface area contributed by atoms with Gasteiger partial charge in [-0.05, 0) is 97.2 Å². The third kappa shape index (κ3) is 4.86. The Bertz CT molecular complexity index is 945. The van der Waals surface area contributed by atoms with E-state index in [4.69, 9.17) is 0 Å². The molecule has 0 nitrogen and oxygen atoms in total. The molecular formula is C30H36. The summed E-state index contributed by atoms with van der Waals surface area (Å²) in [6, 6.07) is 23.2. The van der Waals surface area contributed by atoms with Crippen LogP contribution < -0.4 is 0 Å². The smallest absolute Gasteiger partial charge is 0.0162 e. The lowest BCUT2D eigenvalue weighted by molar-refractivity contribution is 0.348. The van der Waals surface area contributed by atoms with Gasteiger partial charge in [-0.1, -0.05) is 86.0 Å². The Morgan fingerprint density at radius 3 is 1.87 bits per heavy atom. The first kappa shape index (κ1) is 20.9. The molecule has 1 saturated carbocycles. The van der Waals surface area contributed by atoms with Crippen LogP contribution in [0.5, 0.6) is 0 Å². The van der Waals surface area contributed by atoms with Crippen LogP contribution in [0.4, 0.5) is 0 Å². The first-order valence-electron chi connectivity index (χ1n) is 11.8. The topological polar surface area (TPSA) is 0 Å². The molecular weight excluding hydrogens is 360 g/mol. The molecule has 4 rings (SSSR count). The van der Waals surface area contributed by atoms with Crippen LogP contribution in [0.2, 0.25) is 0 Å². The average Bonchev–Trinajstić information content (AvgIpc) is 2.75. The molecule has 1 aliphatic rings. The van der Waals surface area contributed by atoms with Crippen molar-refractivity contribution in [3.05, 3.63) is 94.0 Å². The maximum Gasteiger partial charge on any atom is -0.0162 e. The molecule has 0 spiro atoms. The zero-order valence-corrected chi connectivity index (χ0v) is 19.2. The van der Waals surface area contributed by atoms with Crippen LogP contribution in [-0.4, -0.2) is 0 Å². The van der Waals surface area contributed by atoms with Crippen LogP contribution in [0.1, 0.15) is 71.9 Å². The maximum atomic E-state index is 2.40. The van der Waals surface area contributed by atoms with E-state index in [1.165, 1.54) is 70.2 Å². The van der Waals surface area contributed by atoms with Crippen molar-refractivity contribution in [1.82, 2.24) is 0 Å². The SMILES string of the molecule is Cc1ccc(CCc2c(C)cc(-c3ccc(C4CCC(C)CC4)cc3)cc2C)cc1. The van der Waals surface area contributed by atoms with E-state index in [0.717, 1.165) is 24.7 Å². The number of hydrogen-bond donors (Lipinski definition) is 0. The maximum absolute atomic E-state index is 2.40. The van der Waals surface area contributed by atoms with Gasteiger partial charge in [0.25, 0.3) is 0 Å². The highest BCUT2D eigenvalue weighted by Gasteiger charge is 2.19. The average molecular weight is 397 g/mol. The molecule has 0 amide bonds. The van der Waals surface area contributed by atoms with Gasteiger partial charge < -0.3 is 0 Å². The molecule has 0 heteroatoms. The van der Waals surface area contributed by atoms with Crippen molar-refractivity contribution in [3.8, 4) is 11.1 Å². The predicted molar refractivity (Wildman–Crippen MR) is 130 cm³/mol. The summed E-state index contributed by atoms with van der Waals surface area (Å²) in [7, 11) is 0. The Morgan fingerprint density at radius 2 is 1.27 bits per heavy atom. The molecule has 3 aromatic rings. The van der Waals surface area contributed by atoms with E-state index in [0.29, 0.717) is 0 Å². The van der Waals surface area contributed by atoms with Gasteiger partial charge in [0.2, 0.25) is 0 Å². The highest BCUT2D eigenvalue weighted by atomic mass is 14.2. The fourth-order valence-electron chi connectivity index (χ4n) is 5.12. The third-order valence-corrected chi connectivity index (χ3v) is 7.21. The molecule has 0 aliphatic heterocycles. The van der Waals surface area contributed by atoms with E-state index in [2.05, 4.69) is 88.4 Å². The van der Waals surface area contributed by atoms with E-state index < -0.39 is 0 Å². The monoisotopic (exact) mass is 396 g/mol. The van der Waals surface area contributed by atoms with E-state index >= 15 is 0 Å². The number of benzene rings is 3. The van der Waals surface area contributed by atoms with Crippen molar-refractivity contribution in [3.63, 3.8) is 0 Å². The summed E-state index contributed by atoms with van der Waals surface area (Å²) in [6.45, 7) is 9.10. The lowest BCUT2D eigenvalue weighted by atomic mass is 9.79. The lowest BCUT2D eigenvalue weighted by Crippen LogP contribution is -2.10. The summed E-state index contributed by atoms with van der Waals surface area (Å²) in [5.41, 5.74) is 11.3. The Hall–Kier alpha value is -2.34. The van der Waals surface area contributed by atoms with Gasteiger partial charge in [-0.2, -0.15) is 0 Å². The van der Waals surface area contributed by atoms with E-state index in [1.807, 2.05) is 0 Å². The Morgan fingerprint density at radius 1 is 0.667 bits per heavy atom. The molecule has 1 fully saturated rings. The van der Waals surface area contributed by atoms with Crippen LogP contribution in [0.15, 0.2) is 60.7 Å². The van der Waals surface area contributed by atoms with E-state index in [9.17, 15) is 0 Å². The van der Waals surface area contributed by atoms with E-state index in [-0.39, 0.29) is 0 Å². The van der Waals surface area contributed by atoms with Gasteiger partial charge in [0.15, 0.2) is 0 Å². The number of hydrogen-bond acceptors (Lipinski definition) is 0. The fourth-order valence-corrected chi connectivity index (χ4v) is 5.12. The molecule has 0 N–H and O–H groups in total. The Kier molecular flexibility index (Phi) is 6.42. The molecule has 30 heavy (non-hydrogen) atoms. The second-order valence-corrected chi connectivity index (χ2v) is 9.65. The molecule has 0 unspecified atom stereocenters. The zero-order chi connectivity index (χ0) is 21.1. The predicted octanol–water partition coefficient (Wildman–Crippen LogP) is 8.36. The molecule has 3 aromatic carbocycles. The molecule has 0 bridgehead atoms. The summed E-state index contributed by atoms with van der Waals surface area (Å²) in [5.74, 6) is 1.68. The second kappa shape index (κ2) is 9.21. The summed E-state index contributed by atoms with van der Waals surface area (Å²) >= 11 is 0. The quantitative estimate of drug-likeness (QED) is 0.406. The van der Waals surface area contributed by atoms with Gasteiger partial charge in [-0.25, -0.2) is 0 Å². The second-order valence-electron chi connectivity index (χ2n) is 9.65. The highest BCUT2D eigenvalue weighted by Crippen LogP contribution is 2.36. The van der Waals surface area contributed by atoms with E-state index in [1.54, 1.807) is 0 Å². The van der Waals surface area contributed by atoms with Crippen molar-refractivity contribution >= 4 is 0 Å². The van der Waals surface area contributed by atoms with Crippen LogP contribution >= 0.6 is 0 Å². The summed E-state index contributed by atoms with van der Waals surface area (Å²) in [6.07, 6.45) is 7.70. The van der Waals surface area contributed by atoms with Gasteiger partial charge in [-0.15, -0.1) is 0 Å². The van der Waals surface area contributed by atoms with Gasteiger partial charge in [0.1, 0.15) is 0 Å². The molecule has 0 heterocycles. The van der Waals surface area contributed by atoms with Crippen LogP contribution in [0.25, 0.3) is 11.1 Å². The van der Waals surface area contributed by atoms with Gasteiger partial charge in [0, 0.05) is 0 Å². The van der Waals surface area contributed by atoms with Crippen LogP contribution in [-0.2, 0) is 12.8 Å². The van der Waals surface area contributed by atoms with Crippen LogP contribution in [0.3, 0.4) is 0 Å². The van der Waals surface area contributed by atoms with Crippen molar-refractivity contribution < 1.29 is 0 Å². The third-order valence-electron chi connectivity index (χ3n) is 7.21. The molecule has 0 aromatic heterocycles. The molecule has 0 atom stereocenters. The number of rotatable bonds is 5. The molecule has 156 valence electrons. The highest BCUT2D eigenvalue weighted by molar-refractivity contribution is 5.66. The van der Waals surface area contributed by atoms with Crippen molar-refractivity contribution in [2.75, 3.05) is 0 Å². The Balaban J connectivity index is 1.47. The summed E-state index contributed by atoms with van der Waals surface area (Å²) < 4.78 is 0. The van der Waals surface area contributed by atoms with Gasteiger partial charge >= 0.3 is 0 Å².